The van der Waals surface area contributed by atoms with Crippen molar-refractivity contribution in [1.82, 2.24) is 0 Å². The molecule has 0 unspecified atom stereocenters. The smallest absolute Gasteiger partial charge is 0.461 e. The normalized spacial score (nSPS) is 32.6. The number of carbonyl (C=O) groups is 3. The van der Waals surface area contributed by atoms with Gasteiger partial charge in [0.15, 0.2) is 12.2 Å². The largest absolute Gasteiger partial charge is 0.509 e. The molecule has 0 N–H and O–H groups in total. The molecule has 0 saturated carbocycles. The van der Waals surface area contributed by atoms with Crippen LogP contribution in [0.5, 0.6) is 0 Å². The fourth-order valence-corrected chi connectivity index (χ4v) is 2.80. The number of carbonyl (C=O) groups excluding carboxylic acids is 3. The first-order chi connectivity index (χ1) is 9.97. The van der Waals surface area contributed by atoms with E-state index in [1.807, 2.05) is 0 Å². The summed E-state index contributed by atoms with van der Waals surface area (Å²) < 4.78 is 25.8. The second-order valence-electron chi connectivity index (χ2n) is 5.00. The van der Waals surface area contributed by atoms with Crippen LogP contribution in [0.15, 0.2) is 11.1 Å². The van der Waals surface area contributed by atoms with Crippen molar-refractivity contribution in [1.29, 1.82) is 0 Å². The van der Waals surface area contributed by atoms with Gasteiger partial charge in [0.25, 0.3) is 0 Å². The Morgan fingerprint density at radius 2 is 1.38 bits per heavy atom. The van der Waals surface area contributed by atoms with Crippen molar-refractivity contribution >= 4 is 18.1 Å². The summed E-state index contributed by atoms with van der Waals surface area (Å²) in [6, 6.07) is 0. The zero-order chi connectivity index (χ0) is 15.1. The lowest BCUT2D eigenvalue weighted by molar-refractivity contribution is -0.141. The number of ether oxygens (including phenoxy) is 5. The minimum atomic E-state index is -0.746. The molecule has 2 bridgehead atoms. The highest BCUT2D eigenvalue weighted by atomic mass is 16.8. The predicted octanol–water partition coefficient (Wildman–Crippen LogP) is 0.0942. The van der Waals surface area contributed by atoms with E-state index < -0.39 is 42.5 Å². The number of esters is 2. The lowest BCUT2D eigenvalue weighted by Crippen LogP contribution is -2.38. The van der Waals surface area contributed by atoms with E-state index in [-0.39, 0.29) is 13.2 Å². The summed E-state index contributed by atoms with van der Waals surface area (Å²) in [5, 5.41) is 0. The third kappa shape index (κ3) is 2.35. The van der Waals surface area contributed by atoms with Gasteiger partial charge in [-0.1, -0.05) is 0 Å². The molecule has 3 aliphatic rings. The SMILES string of the molecule is CC(=O)OCC1=C(COC(C)=O)[C@@H]2O[C@H]1[C@H]1OC(=O)O[C@@H]12. The van der Waals surface area contributed by atoms with E-state index in [0.29, 0.717) is 11.1 Å². The van der Waals surface area contributed by atoms with Crippen molar-refractivity contribution in [2.75, 3.05) is 13.2 Å². The molecule has 0 aromatic carbocycles. The van der Waals surface area contributed by atoms with Gasteiger partial charge >= 0.3 is 18.1 Å². The van der Waals surface area contributed by atoms with Crippen LogP contribution < -0.4 is 0 Å². The van der Waals surface area contributed by atoms with Crippen molar-refractivity contribution < 1.29 is 38.1 Å². The van der Waals surface area contributed by atoms with Crippen LogP contribution in [0.3, 0.4) is 0 Å². The summed E-state index contributed by atoms with van der Waals surface area (Å²) in [4.78, 5) is 33.2. The van der Waals surface area contributed by atoms with Crippen molar-refractivity contribution in [3.05, 3.63) is 11.1 Å². The minimum absolute atomic E-state index is 0.00781. The molecule has 2 saturated heterocycles. The molecule has 0 amide bonds. The molecule has 0 aliphatic carbocycles. The minimum Gasteiger partial charge on any atom is -0.461 e. The van der Waals surface area contributed by atoms with Crippen LogP contribution in [-0.2, 0) is 33.3 Å². The summed E-state index contributed by atoms with van der Waals surface area (Å²) in [5.41, 5.74) is 1.33. The Bertz CT molecular complexity index is 492. The highest BCUT2D eigenvalue weighted by molar-refractivity contribution is 5.67. The Labute approximate surface area is 119 Å². The topological polar surface area (TPSA) is 97.4 Å². The zero-order valence-corrected chi connectivity index (χ0v) is 11.5. The average Bonchev–Trinajstić information content (AvgIpc) is 3.02. The standard InChI is InChI=1S/C13H14O8/c1-5(14)17-3-7-8(4-18-6(2)15)10-12-11(9(7)19-10)20-13(16)21-12/h9-12H,3-4H2,1-2H3/t9-,10+,11-,12-/m1/s1. The van der Waals surface area contributed by atoms with Crippen molar-refractivity contribution in [2.45, 2.75) is 38.3 Å². The third-order valence-electron chi connectivity index (χ3n) is 3.64. The molecule has 114 valence electrons. The molecule has 3 aliphatic heterocycles. The van der Waals surface area contributed by atoms with Gasteiger partial charge in [0.2, 0.25) is 0 Å². The van der Waals surface area contributed by atoms with Crippen LogP contribution in [0.1, 0.15) is 13.8 Å². The summed E-state index contributed by atoms with van der Waals surface area (Å²) in [7, 11) is 0. The van der Waals surface area contributed by atoms with Crippen LogP contribution >= 0.6 is 0 Å². The molecule has 3 heterocycles. The molecule has 21 heavy (non-hydrogen) atoms. The van der Waals surface area contributed by atoms with Crippen LogP contribution in [0, 0.1) is 0 Å². The van der Waals surface area contributed by atoms with Gasteiger partial charge in [-0.3, -0.25) is 9.59 Å². The maximum atomic E-state index is 11.2. The van der Waals surface area contributed by atoms with Gasteiger partial charge in [-0.05, 0) is 0 Å². The molecule has 3 rings (SSSR count). The molecule has 0 aromatic rings. The molecule has 2 fully saturated rings. The molecule has 0 aromatic heterocycles. The van der Waals surface area contributed by atoms with Crippen molar-refractivity contribution in [3.63, 3.8) is 0 Å². The quantitative estimate of drug-likeness (QED) is 0.409. The van der Waals surface area contributed by atoms with Crippen molar-refractivity contribution in [3.8, 4) is 0 Å². The second kappa shape index (κ2) is 5.03. The molecular formula is C13H14O8. The molecule has 4 atom stereocenters. The van der Waals surface area contributed by atoms with Gasteiger partial charge in [0, 0.05) is 25.0 Å². The average molecular weight is 298 g/mol. The first-order valence-corrected chi connectivity index (χ1v) is 6.48. The Hall–Kier alpha value is -2.09. The fourth-order valence-electron chi connectivity index (χ4n) is 2.80. The first kappa shape index (κ1) is 13.9. The lowest BCUT2D eigenvalue weighted by atomic mass is 9.88. The van der Waals surface area contributed by atoms with Crippen molar-refractivity contribution in [2.24, 2.45) is 0 Å². The van der Waals surface area contributed by atoms with Crippen LogP contribution in [0.25, 0.3) is 0 Å². The Kier molecular flexibility index (Phi) is 3.32. The summed E-state index contributed by atoms with van der Waals surface area (Å²) in [6.45, 7) is 2.60. The van der Waals surface area contributed by atoms with E-state index in [4.69, 9.17) is 23.7 Å². The van der Waals surface area contributed by atoms with E-state index in [2.05, 4.69) is 0 Å². The number of fused-ring (bicyclic) bond motifs is 5. The van der Waals surface area contributed by atoms with E-state index in [1.165, 1.54) is 13.8 Å². The molecule has 0 spiro atoms. The number of hydrogen-bond donors (Lipinski definition) is 0. The van der Waals surface area contributed by atoms with E-state index in [1.54, 1.807) is 0 Å². The number of hydrogen-bond acceptors (Lipinski definition) is 8. The summed E-state index contributed by atoms with van der Waals surface area (Å²) in [5.74, 6) is -0.873. The van der Waals surface area contributed by atoms with Gasteiger partial charge in [0.1, 0.15) is 25.4 Å². The Balaban J connectivity index is 1.82. The van der Waals surface area contributed by atoms with Gasteiger partial charge in [0.05, 0.1) is 0 Å². The van der Waals surface area contributed by atoms with Gasteiger partial charge in [-0.15, -0.1) is 0 Å². The summed E-state index contributed by atoms with van der Waals surface area (Å²) in [6.07, 6.45) is -2.90. The van der Waals surface area contributed by atoms with Crippen LogP contribution in [-0.4, -0.2) is 55.7 Å². The Morgan fingerprint density at radius 1 is 0.952 bits per heavy atom. The van der Waals surface area contributed by atoms with Gasteiger partial charge < -0.3 is 23.7 Å². The summed E-state index contributed by atoms with van der Waals surface area (Å²) >= 11 is 0. The second-order valence-corrected chi connectivity index (χ2v) is 5.00. The zero-order valence-electron chi connectivity index (χ0n) is 11.5. The van der Waals surface area contributed by atoms with E-state index >= 15 is 0 Å². The molecule has 8 heteroatoms. The van der Waals surface area contributed by atoms with Crippen LogP contribution in [0.2, 0.25) is 0 Å². The van der Waals surface area contributed by atoms with Crippen LogP contribution in [0.4, 0.5) is 4.79 Å². The predicted molar refractivity (Wildman–Crippen MR) is 64.1 cm³/mol. The fraction of sp³-hybridized carbons (Fsp3) is 0.615. The van der Waals surface area contributed by atoms with Gasteiger partial charge in [-0.2, -0.15) is 0 Å². The number of rotatable bonds is 4. The highest BCUT2D eigenvalue weighted by Gasteiger charge is 2.61. The van der Waals surface area contributed by atoms with E-state index in [9.17, 15) is 14.4 Å². The maximum absolute atomic E-state index is 11.2. The first-order valence-electron chi connectivity index (χ1n) is 6.48. The lowest BCUT2D eigenvalue weighted by Gasteiger charge is -2.22. The molecule has 8 nitrogen and oxygen atoms in total. The van der Waals surface area contributed by atoms with E-state index in [0.717, 1.165) is 0 Å². The maximum Gasteiger partial charge on any atom is 0.509 e. The third-order valence-corrected chi connectivity index (χ3v) is 3.64. The molecular weight excluding hydrogens is 284 g/mol. The molecule has 0 radical (unpaired) electrons. The highest BCUT2D eigenvalue weighted by Crippen LogP contribution is 2.45. The monoisotopic (exact) mass is 298 g/mol. The van der Waals surface area contributed by atoms with Gasteiger partial charge in [-0.25, -0.2) is 4.79 Å². The Morgan fingerprint density at radius 3 is 1.76 bits per heavy atom.